The monoisotopic (exact) mass is 744 g/mol. The number of nitriles is 1. The summed E-state index contributed by atoms with van der Waals surface area (Å²) in [5.74, 6) is 1.72. The van der Waals surface area contributed by atoms with E-state index in [9.17, 15) is 14.9 Å². The number of imide groups is 1. The van der Waals surface area contributed by atoms with E-state index < -0.39 is 0 Å². The van der Waals surface area contributed by atoms with Crippen LogP contribution in [-0.2, 0) is 4.79 Å². The number of hydrogen-bond acceptors (Lipinski definition) is 8. The largest absolute Gasteiger partial charge is 0.369 e. The van der Waals surface area contributed by atoms with Gasteiger partial charge < -0.3 is 24.3 Å². The van der Waals surface area contributed by atoms with Crippen LogP contribution in [0.4, 0.5) is 22.0 Å². The van der Waals surface area contributed by atoms with E-state index in [-0.39, 0.29) is 17.9 Å². The molecule has 0 unspecified atom stereocenters. The summed E-state index contributed by atoms with van der Waals surface area (Å²) >= 11 is 6.48. The Morgan fingerprint density at radius 2 is 1.72 bits per heavy atom. The van der Waals surface area contributed by atoms with E-state index in [1.807, 2.05) is 18.2 Å². The van der Waals surface area contributed by atoms with Gasteiger partial charge in [-0.25, -0.2) is 4.79 Å². The number of piperidine rings is 3. The van der Waals surface area contributed by atoms with Gasteiger partial charge in [0.2, 0.25) is 5.91 Å². The first-order valence-electron chi connectivity index (χ1n) is 19.4. The van der Waals surface area contributed by atoms with E-state index in [1.165, 1.54) is 0 Å². The number of hydrogen-bond donors (Lipinski definition) is 2. The lowest BCUT2D eigenvalue weighted by molar-refractivity contribution is -0.120. The summed E-state index contributed by atoms with van der Waals surface area (Å²) in [6, 6.07) is 18.9. The lowest BCUT2D eigenvalue weighted by Gasteiger charge is -2.38. The zero-order valence-electron chi connectivity index (χ0n) is 30.4. The van der Waals surface area contributed by atoms with Crippen LogP contribution in [0.5, 0.6) is 0 Å². The van der Waals surface area contributed by atoms with Gasteiger partial charge >= 0.3 is 6.03 Å². The van der Waals surface area contributed by atoms with Crippen molar-refractivity contribution >= 4 is 62.5 Å². The summed E-state index contributed by atoms with van der Waals surface area (Å²) in [6.07, 6.45) is 10.9. The minimum Gasteiger partial charge on any atom is -0.369 e. The van der Waals surface area contributed by atoms with Crippen LogP contribution >= 0.6 is 11.6 Å². The van der Waals surface area contributed by atoms with Crippen molar-refractivity contribution in [3.63, 3.8) is 0 Å². The van der Waals surface area contributed by atoms with E-state index in [0.717, 1.165) is 129 Å². The molecule has 1 atom stereocenters. The predicted molar refractivity (Wildman–Crippen MR) is 211 cm³/mol. The van der Waals surface area contributed by atoms with Crippen LogP contribution in [0.3, 0.4) is 0 Å². The molecule has 0 radical (unpaired) electrons. The van der Waals surface area contributed by atoms with Crippen molar-refractivity contribution in [1.29, 1.82) is 5.26 Å². The number of halogens is 1. The van der Waals surface area contributed by atoms with Crippen molar-refractivity contribution in [3.05, 3.63) is 77.2 Å². The summed E-state index contributed by atoms with van der Waals surface area (Å²) < 4.78 is 2.39. The Bertz CT molecular complexity index is 2230. The Morgan fingerprint density at radius 1 is 0.870 bits per heavy atom. The molecule has 4 fully saturated rings. The van der Waals surface area contributed by atoms with Gasteiger partial charge in [-0.15, -0.1) is 5.10 Å². The Morgan fingerprint density at radius 3 is 2.50 bits per heavy atom. The maximum absolute atomic E-state index is 12.6. The molecule has 9 rings (SSSR count). The number of H-pyrrole nitrogens is 1. The second-order valence-corrected chi connectivity index (χ2v) is 15.8. The van der Waals surface area contributed by atoms with Crippen molar-refractivity contribution < 1.29 is 9.59 Å². The van der Waals surface area contributed by atoms with Gasteiger partial charge in [0, 0.05) is 93.9 Å². The third kappa shape index (κ3) is 6.54. The van der Waals surface area contributed by atoms with E-state index in [1.54, 1.807) is 11.1 Å². The number of nitrogens with zero attached hydrogens (tertiary/aromatic N) is 8. The van der Waals surface area contributed by atoms with E-state index in [0.29, 0.717) is 35.5 Å². The Labute approximate surface area is 319 Å². The molecule has 12 nitrogen and oxygen atoms in total. The summed E-state index contributed by atoms with van der Waals surface area (Å²) in [4.78, 5) is 36.7. The third-order valence-electron chi connectivity index (χ3n) is 12.2. The normalized spacial score (nSPS) is 20.9. The number of rotatable bonds is 7. The quantitative estimate of drug-likeness (QED) is 0.186. The first-order chi connectivity index (χ1) is 26.4. The second-order valence-electron chi connectivity index (χ2n) is 15.4. The molecule has 3 amide bonds. The van der Waals surface area contributed by atoms with Gasteiger partial charge in [-0.2, -0.15) is 10.4 Å². The Kier molecular flexibility index (Phi) is 9.37. The molecule has 7 heterocycles. The van der Waals surface area contributed by atoms with Crippen LogP contribution in [0.2, 0.25) is 5.02 Å². The number of carbonyl (C=O) groups excluding carboxylic acids is 2. The fraction of sp³-hybridized carbons (Fsp3) is 0.439. The fourth-order valence-corrected chi connectivity index (χ4v) is 9.57. The Balaban J connectivity index is 0.766. The number of aromatic amines is 1. The van der Waals surface area contributed by atoms with Crippen molar-refractivity contribution in [2.45, 2.75) is 56.9 Å². The van der Waals surface area contributed by atoms with Gasteiger partial charge in [-0.05, 0) is 86.9 Å². The molecule has 0 saturated carbocycles. The highest BCUT2D eigenvalue weighted by Gasteiger charge is 2.30. The molecule has 0 aliphatic carbocycles. The SMILES string of the molecule is N#Cc1c[nH]c2c(N3CCC[C@@H](c4ccc(N5CCC(CN6CCC(n7ccc8c(N9CCC(=O)NC9=O)cccc87)CC6)CC5)nn4)C3)ccc(Cl)c12. The zero-order valence-corrected chi connectivity index (χ0v) is 31.1. The highest BCUT2D eigenvalue weighted by atomic mass is 35.5. The number of urea groups is 1. The molecular formula is C41H45ClN10O2. The van der Waals surface area contributed by atoms with Gasteiger partial charge in [0.25, 0.3) is 0 Å². The summed E-state index contributed by atoms with van der Waals surface area (Å²) in [5.41, 5.74) is 5.61. The second kappa shape index (κ2) is 14.6. The zero-order chi connectivity index (χ0) is 36.8. The number of fused-ring (bicyclic) bond motifs is 2. The molecule has 0 spiro atoms. The van der Waals surface area contributed by atoms with Gasteiger partial charge in [0.15, 0.2) is 5.82 Å². The van der Waals surface area contributed by atoms with Crippen LogP contribution in [0, 0.1) is 17.2 Å². The van der Waals surface area contributed by atoms with Crippen LogP contribution in [0.15, 0.2) is 60.9 Å². The van der Waals surface area contributed by atoms with Crippen molar-refractivity contribution in [2.75, 3.05) is 67.1 Å². The molecule has 13 heteroatoms. The minimum absolute atomic E-state index is 0.214. The minimum atomic E-state index is -0.342. The molecule has 54 heavy (non-hydrogen) atoms. The standard InChI is InChI=1S/C41H45ClN10O2/c42-32-6-8-36(40-39(32)29(23-43)24-44-40)50-16-2-3-28(26-50)33-7-9-37(47-46-33)49-19-10-27(11-20-49)25-48-17-12-30(13-18-48)51-21-14-31-34(51)4-1-5-35(31)52-22-15-38(53)45-41(52)54/h1,4-9,14,21,24,27-28,30,44H,2-3,10-13,15-20,22,25-26H2,(H,45,53,54)/t28-/m1/s1. The highest BCUT2D eigenvalue weighted by molar-refractivity contribution is 6.36. The van der Waals surface area contributed by atoms with E-state index >= 15 is 0 Å². The fourth-order valence-electron chi connectivity index (χ4n) is 9.31. The molecule has 5 aromatic rings. The van der Waals surface area contributed by atoms with E-state index in [4.69, 9.17) is 21.8 Å². The lowest BCUT2D eigenvalue weighted by atomic mass is 9.93. The summed E-state index contributed by atoms with van der Waals surface area (Å²) in [7, 11) is 0. The van der Waals surface area contributed by atoms with Gasteiger partial charge in [0.1, 0.15) is 6.07 Å². The number of benzene rings is 2. The summed E-state index contributed by atoms with van der Waals surface area (Å²) in [6.45, 7) is 7.51. The van der Waals surface area contributed by atoms with Crippen molar-refractivity contribution in [1.82, 2.24) is 30.0 Å². The topological polar surface area (TPSA) is 129 Å². The number of aromatic nitrogens is 4. The van der Waals surface area contributed by atoms with Crippen LogP contribution < -0.4 is 20.0 Å². The first kappa shape index (κ1) is 34.6. The van der Waals surface area contributed by atoms with Gasteiger partial charge in [-0.3, -0.25) is 15.0 Å². The maximum Gasteiger partial charge on any atom is 0.328 e. The molecule has 4 aliphatic rings. The molecular weight excluding hydrogens is 700 g/mol. The van der Waals surface area contributed by atoms with Crippen molar-refractivity contribution in [2.24, 2.45) is 5.92 Å². The van der Waals surface area contributed by atoms with Crippen LogP contribution in [0.1, 0.15) is 68.2 Å². The molecule has 2 aromatic carbocycles. The highest BCUT2D eigenvalue weighted by Crippen LogP contribution is 2.38. The molecule has 2 N–H and O–H groups in total. The molecule has 0 bridgehead atoms. The number of anilines is 3. The van der Waals surface area contributed by atoms with Gasteiger partial charge in [0.05, 0.1) is 38.7 Å². The molecule has 278 valence electrons. The predicted octanol–water partition coefficient (Wildman–Crippen LogP) is 6.82. The average Bonchev–Trinajstić information content (AvgIpc) is 3.85. The number of likely N-dealkylation sites (tertiary alicyclic amines) is 1. The van der Waals surface area contributed by atoms with Gasteiger partial charge in [-0.1, -0.05) is 17.7 Å². The lowest BCUT2D eigenvalue weighted by Crippen LogP contribution is -2.49. The Hall–Kier alpha value is -5.12. The maximum atomic E-state index is 12.6. The number of amides is 3. The van der Waals surface area contributed by atoms with Crippen molar-refractivity contribution in [3.8, 4) is 6.07 Å². The molecule has 3 aromatic heterocycles. The van der Waals surface area contributed by atoms with E-state index in [2.05, 4.69) is 72.2 Å². The molecule has 4 aliphatic heterocycles. The van der Waals surface area contributed by atoms with Crippen LogP contribution in [0.25, 0.3) is 21.8 Å². The average molecular weight is 745 g/mol. The molecule has 4 saturated heterocycles. The number of nitrogens with one attached hydrogen (secondary N) is 2. The number of carbonyl (C=O) groups is 2. The third-order valence-corrected chi connectivity index (χ3v) is 12.5. The van der Waals surface area contributed by atoms with Crippen LogP contribution in [-0.4, -0.2) is 88.9 Å². The smallest absolute Gasteiger partial charge is 0.328 e. The summed E-state index contributed by atoms with van der Waals surface area (Å²) in [5, 5.41) is 24.0. The first-order valence-corrected chi connectivity index (χ1v) is 19.8.